The van der Waals surface area contributed by atoms with Gasteiger partial charge in [0, 0.05) is 12.6 Å². The van der Waals surface area contributed by atoms with Gasteiger partial charge in [-0.05, 0) is 39.3 Å². The van der Waals surface area contributed by atoms with Crippen molar-refractivity contribution in [2.45, 2.75) is 57.7 Å². The van der Waals surface area contributed by atoms with E-state index in [2.05, 4.69) is 22.3 Å². The van der Waals surface area contributed by atoms with E-state index < -0.39 is 6.10 Å². The van der Waals surface area contributed by atoms with Gasteiger partial charge in [-0.3, -0.25) is 4.68 Å². The lowest BCUT2D eigenvalue weighted by molar-refractivity contribution is 0.168. The van der Waals surface area contributed by atoms with Crippen LogP contribution in [0.2, 0.25) is 0 Å². The second-order valence-electron chi connectivity index (χ2n) is 5.25. The van der Waals surface area contributed by atoms with Gasteiger partial charge in [-0.15, -0.1) is 5.10 Å². The predicted molar refractivity (Wildman–Crippen MR) is 70.2 cm³/mol. The van der Waals surface area contributed by atoms with Crippen LogP contribution in [0.3, 0.4) is 0 Å². The quantitative estimate of drug-likeness (QED) is 0.864. The van der Waals surface area contributed by atoms with Gasteiger partial charge in [-0.1, -0.05) is 18.6 Å². The molecule has 102 valence electrons. The predicted octanol–water partition coefficient (Wildman–Crippen LogP) is 1.60. The molecule has 5 nitrogen and oxygen atoms in total. The number of likely N-dealkylation sites (tertiary alicyclic amines) is 1. The molecule has 0 saturated carbocycles. The molecule has 0 bridgehead atoms. The average molecular weight is 252 g/mol. The van der Waals surface area contributed by atoms with Gasteiger partial charge in [0.05, 0.1) is 12.3 Å². The van der Waals surface area contributed by atoms with Gasteiger partial charge in [0.1, 0.15) is 5.69 Å². The van der Waals surface area contributed by atoms with Crippen LogP contribution in [0.25, 0.3) is 0 Å². The molecule has 1 aromatic heterocycles. The van der Waals surface area contributed by atoms with Crippen molar-refractivity contribution in [3.8, 4) is 0 Å². The zero-order valence-electron chi connectivity index (χ0n) is 11.4. The lowest BCUT2D eigenvalue weighted by Gasteiger charge is -2.32. The van der Waals surface area contributed by atoms with Crippen molar-refractivity contribution in [2.24, 2.45) is 0 Å². The van der Waals surface area contributed by atoms with Crippen LogP contribution >= 0.6 is 0 Å². The van der Waals surface area contributed by atoms with Crippen LogP contribution in [-0.2, 0) is 6.54 Å². The van der Waals surface area contributed by atoms with Gasteiger partial charge in [-0.25, -0.2) is 0 Å². The van der Waals surface area contributed by atoms with Crippen molar-refractivity contribution < 1.29 is 5.11 Å². The Labute approximate surface area is 109 Å². The third-order valence-electron chi connectivity index (χ3n) is 3.90. The van der Waals surface area contributed by atoms with Crippen LogP contribution in [0.1, 0.15) is 50.8 Å². The van der Waals surface area contributed by atoms with Crippen molar-refractivity contribution in [3.63, 3.8) is 0 Å². The maximum atomic E-state index is 9.68. The van der Waals surface area contributed by atoms with Gasteiger partial charge in [0.25, 0.3) is 0 Å². The number of piperidine rings is 1. The normalized spacial score (nSPS) is 23.2. The Morgan fingerprint density at radius 2 is 2.33 bits per heavy atom. The highest BCUT2D eigenvalue weighted by Gasteiger charge is 2.19. The molecule has 0 amide bonds. The van der Waals surface area contributed by atoms with Crippen LogP contribution in [0.15, 0.2) is 6.20 Å². The Morgan fingerprint density at radius 1 is 1.50 bits per heavy atom. The molecule has 5 heteroatoms. The monoisotopic (exact) mass is 252 g/mol. The summed E-state index contributed by atoms with van der Waals surface area (Å²) < 4.78 is 1.86. The maximum Gasteiger partial charge on any atom is 0.111 e. The molecule has 1 fully saturated rings. The molecule has 0 spiro atoms. The topological polar surface area (TPSA) is 54.2 Å². The molecular weight excluding hydrogens is 228 g/mol. The van der Waals surface area contributed by atoms with Crippen LogP contribution in [0.5, 0.6) is 0 Å². The fourth-order valence-electron chi connectivity index (χ4n) is 2.57. The summed E-state index contributed by atoms with van der Waals surface area (Å²) >= 11 is 0. The zero-order valence-corrected chi connectivity index (χ0v) is 11.4. The van der Waals surface area contributed by atoms with E-state index in [1.54, 1.807) is 0 Å². The Morgan fingerprint density at radius 3 is 3.06 bits per heavy atom. The third-order valence-corrected chi connectivity index (χ3v) is 3.90. The first-order chi connectivity index (χ1) is 8.70. The fraction of sp³-hybridized carbons (Fsp3) is 0.846. The summed E-state index contributed by atoms with van der Waals surface area (Å²) in [6.45, 7) is 4.04. The summed E-state index contributed by atoms with van der Waals surface area (Å²) in [7, 11) is 2.21. The molecule has 0 aliphatic carbocycles. The minimum absolute atomic E-state index is 0.476. The van der Waals surface area contributed by atoms with Gasteiger partial charge in [0.15, 0.2) is 0 Å². The highest BCUT2D eigenvalue weighted by molar-refractivity contribution is 4.96. The second-order valence-corrected chi connectivity index (χ2v) is 5.25. The Balaban J connectivity index is 1.84. The molecule has 1 aromatic rings. The van der Waals surface area contributed by atoms with Crippen molar-refractivity contribution in [1.29, 1.82) is 0 Å². The first-order valence-electron chi connectivity index (χ1n) is 6.99. The van der Waals surface area contributed by atoms with Gasteiger partial charge in [0.2, 0.25) is 0 Å². The molecule has 2 unspecified atom stereocenters. The van der Waals surface area contributed by atoms with Gasteiger partial charge < -0.3 is 10.0 Å². The molecule has 1 saturated heterocycles. The molecule has 2 heterocycles. The molecule has 1 aliphatic rings. The molecule has 0 aromatic carbocycles. The summed E-state index contributed by atoms with van der Waals surface area (Å²) in [6, 6.07) is 0.669. The van der Waals surface area contributed by atoms with Crippen LogP contribution in [0, 0.1) is 0 Å². The van der Waals surface area contributed by atoms with E-state index in [-0.39, 0.29) is 0 Å². The van der Waals surface area contributed by atoms with E-state index in [1.165, 1.54) is 25.8 Å². The number of aliphatic hydroxyl groups is 1. The van der Waals surface area contributed by atoms with Crippen molar-refractivity contribution in [1.82, 2.24) is 19.9 Å². The summed E-state index contributed by atoms with van der Waals surface area (Å²) in [4.78, 5) is 2.45. The first-order valence-corrected chi connectivity index (χ1v) is 6.99. The summed E-state index contributed by atoms with van der Waals surface area (Å²) in [6.07, 6.45) is 7.14. The lowest BCUT2D eigenvalue weighted by atomic mass is 10.0. The maximum absolute atomic E-state index is 9.68. The standard InChI is InChI=1S/C13H24N4O/c1-3-13(18)12-10-17(15-14-12)9-7-11-6-4-5-8-16(11)2/h10-11,13,18H,3-9H2,1-2H3. The molecule has 1 N–H and O–H groups in total. The van der Waals surface area contributed by atoms with E-state index in [1.807, 2.05) is 17.8 Å². The van der Waals surface area contributed by atoms with E-state index in [0.717, 1.165) is 13.0 Å². The number of rotatable bonds is 5. The second kappa shape index (κ2) is 6.29. The smallest absolute Gasteiger partial charge is 0.111 e. The largest absolute Gasteiger partial charge is 0.387 e. The lowest BCUT2D eigenvalue weighted by Crippen LogP contribution is -2.36. The number of aromatic nitrogens is 3. The Bertz CT molecular complexity index is 366. The van der Waals surface area contributed by atoms with Gasteiger partial charge >= 0.3 is 0 Å². The summed E-state index contributed by atoms with van der Waals surface area (Å²) in [5.74, 6) is 0. The highest BCUT2D eigenvalue weighted by atomic mass is 16.3. The number of aryl methyl sites for hydroxylation is 1. The number of aliphatic hydroxyl groups excluding tert-OH is 1. The van der Waals surface area contributed by atoms with Crippen molar-refractivity contribution in [2.75, 3.05) is 13.6 Å². The third kappa shape index (κ3) is 3.29. The molecular formula is C13H24N4O. The average Bonchev–Trinajstić information content (AvgIpc) is 2.86. The molecule has 2 atom stereocenters. The number of hydrogen-bond acceptors (Lipinski definition) is 4. The van der Waals surface area contributed by atoms with Crippen LogP contribution < -0.4 is 0 Å². The molecule has 18 heavy (non-hydrogen) atoms. The molecule has 0 radical (unpaired) electrons. The summed E-state index contributed by atoms with van der Waals surface area (Å²) in [5.41, 5.74) is 0.689. The van der Waals surface area contributed by atoms with E-state index in [4.69, 9.17) is 0 Å². The fourth-order valence-corrected chi connectivity index (χ4v) is 2.57. The molecule has 1 aliphatic heterocycles. The van der Waals surface area contributed by atoms with Crippen molar-refractivity contribution in [3.05, 3.63) is 11.9 Å². The Hall–Kier alpha value is -0.940. The Kier molecular flexibility index (Phi) is 4.72. The molecule has 2 rings (SSSR count). The minimum atomic E-state index is -0.476. The minimum Gasteiger partial charge on any atom is -0.387 e. The van der Waals surface area contributed by atoms with E-state index in [9.17, 15) is 5.11 Å². The first kappa shape index (κ1) is 13.5. The van der Waals surface area contributed by atoms with Gasteiger partial charge in [-0.2, -0.15) is 0 Å². The number of hydrogen-bond donors (Lipinski definition) is 1. The zero-order chi connectivity index (χ0) is 13.0. The van der Waals surface area contributed by atoms with Crippen molar-refractivity contribution >= 4 is 0 Å². The highest BCUT2D eigenvalue weighted by Crippen LogP contribution is 2.18. The van der Waals surface area contributed by atoms with Crippen LogP contribution in [0.4, 0.5) is 0 Å². The van der Waals surface area contributed by atoms with Crippen LogP contribution in [-0.4, -0.2) is 44.6 Å². The van der Waals surface area contributed by atoms with E-state index >= 15 is 0 Å². The SMILES string of the molecule is CCC(O)c1cn(CCC2CCCCN2C)nn1. The number of nitrogens with zero attached hydrogens (tertiary/aromatic N) is 4. The van der Waals surface area contributed by atoms with E-state index in [0.29, 0.717) is 18.2 Å². The summed E-state index contributed by atoms with van der Waals surface area (Å²) in [5, 5.41) is 17.8.